The van der Waals surface area contributed by atoms with Gasteiger partial charge in [-0.25, -0.2) is 9.69 Å². The summed E-state index contributed by atoms with van der Waals surface area (Å²) < 4.78 is 11.5. The Hall–Kier alpha value is -4.39. The van der Waals surface area contributed by atoms with Gasteiger partial charge >= 0.3 is 6.03 Å². The molecule has 0 aromatic heterocycles. The predicted molar refractivity (Wildman–Crippen MR) is 159 cm³/mol. The second kappa shape index (κ2) is 10.5. The Morgan fingerprint density at radius 1 is 0.857 bits per heavy atom. The summed E-state index contributed by atoms with van der Waals surface area (Å²) in [5.74, 6) is 2.10. The molecule has 0 unspecified atom stereocenters. The van der Waals surface area contributed by atoms with Crippen LogP contribution in [0.15, 0.2) is 78.4 Å². The number of hydrogen-bond donors (Lipinski definition) is 1. The van der Waals surface area contributed by atoms with Crippen molar-refractivity contribution in [3.05, 3.63) is 95.1 Å². The highest BCUT2D eigenvalue weighted by Crippen LogP contribution is 2.60. The molecule has 4 aliphatic carbocycles. The molecule has 214 valence electrons. The summed E-state index contributed by atoms with van der Waals surface area (Å²) in [6, 6.07) is 22.1. The van der Waals surface area contributed by atoms with E-state index >= 15 is 0 Å². The second-order valence-corrected chi connectivity index (χ2v) is 12.4. The molecule has 0 atom stereocenters. The normalized spacial score (nSPS) is 27.4. The molecular formula is C35H34N2O5. The van der Waals surface area contributed by atoms with Crippen LogP contribution in [0, 0.1) is 17.8 Å². The van der Waals surface area contributed by atoms with Crippen molar-refractivity contribution in [2.45, 2.75) is 50.5 Å². The molecule has 7 nitrogen and oxygen atoms in total. The van der Waals surface area contributed by atoms with E-state index in [1.165, 1.54) is 50.2 Å². The number of rotatable bonds is 7. The zero-order valence-corrected chi connectivity index (χ0v) is 23.7. The van der Waals surface area contributed by atoms with Gasteiger partial charge in [0.05, 0.1) is 12.8 Å². The zero-order valence-electron chi connectivity index (χ0n) is 23.7. The summed E-state index contributed by atoms with van der Waals surface area (Å²) in [5.41, 5.74) is 3.42. The van der Waals surface area contributed by atoms with E-state index in [2.05, 4.69) is 17.4 Å². The third-order valence-electron chi connectivity index (χ3n) is 9.61. The molecule has 3 aromatic carbocycles. The summed E-state index contributed by atoms with van der Waals surface area (Å²) in [5, 5.41) is 2.34. The van der Waals surface area contributed by atoms with Gasteiger partial charge in [0.15, 0.2) is 11.5 Å². The number of nitrogens with zero attached hydrogens (tertiary/aromatic N) is 1. The lowest BCUT2D eigenvalue weighted by Crippen LogP contribution is -2.54. The van der Waals surface area contributed by atoms with Crippen molar-refractivity contribution >= 4 is 29.6 Å². The fourth-order valence-electron chi connectivity index (χ4n) is 8.12. The van der Waals surface area contributed by atoms with Crippen LogP contribution in [0.5, 0.6) is 11.5 Å². The number of benzene rings is 3. The SMILES string of the molecule is COc1ccc(/C=C2\C(=O)NC(=O)N(c3ccc(C45CC6CC(CC(C6)C4)C5)cc3)C2=O)cc1OCc1ccccc1. The summed E-state index contributed by atoms with van der Waals surface area (Å²) in [7, 11) is 1.55. The van der Waals surface area contributed by atoms with Crippen LogP contribution in [0.4, 0.5) is 10.5 Å². The van der Waals surface area contributed by atoms with E-state index < -0.39 is 17.8 Å². The van der Waals surface area contributed by atoms with E-state index in [1.807, 2.05) is 42.5 Å². The van der Waals surface area contributed by atoms with E-state index in [0.717, 1.165) is 28.2 Å². The summed E-state index contributed by atoms with van der Waals surface area (Å²) in [6.45, 7) is 0.332. The van der Waals surface area contributed by atoms with E-state index in [9.17, 15) is 14.4 Å². The van der Waals surface area contributed by atoms with Crippen LogP contribution in [0.25, 0.3) is 6.08 Å². The van der Waals surface area contributed by atoms with Gasteiger partial charge in [-0.2, -0.15) is 0 Å². The third kappa shape index (κ3) is 4.77. The highest BCUT2D eigenvalue weighted by molar-refractivity contribution is 6.39. The van der Waals surface area contributed by atoms with Gasteiger partial charge in [-0.1, -0.05) is 48.5 Å². The number of carbonyl (C=O) groups excluding carboxylic acids is 3. The standard InChI is InChI=1S/C35H34N2O5/c1-41-30-12-7-23(17-31(30)42-21-22-5-3-2-4-6-22)16-29-32(38)36-34(40)37(33(29)39)28-10-8-27(9-11-28)35-18-24-13-25(19-35)15-26(14-24)20-35/h2-12,16-17,24-26H,13-15,18-21H2,1H3,(H,36,38,40)/b29-16+. The third-order valence-corrected chi connectivity index (χ3v) is 9.61. The maximum absolute atomic E-state index is 13.6. The molecule has 1 aliphatic heterocycles. The van der Waals surface area contributed by atoms with Crippen LogP contribution in [0.3, 0.4) is 0 Å². The number of urea groups is 1. The van der Waals surface area contributed by atoms with Gasteiger partial charge in [-0.3, -0.25) is 14.9 Å². The van der Waals surface area contributed by atoms with Gasteiger partial charge in [0.1, 0.15) is 12.2 Å². The van der Waals surface area contributed by atoms with Crippen molar-refractivity contribution in [3.8, 4) is 11.5 Å². The Morgan fingerprint density at radius 2 is 1.52 bits per heavy atom. The first kappa shape index (κ1) is 26.5. The van der Waals surface area contributed by atoms with Crippen molar-refractivity contribution in [1.82, 2.24) is 5.32 Å². The molecule has 8 rings (SSSR count). The van der Waals surface area contributed by atoms with Crippen LogP contribution in [-0.4, -0.2) is 25.0 Å². The average Bonchev–Trinajstić information content (AvgIpc) is 2.98. The molecular weight excluding hydrogens is 528 g/mol. The number of hydrogen-bond acceptors (Lipinski definition) is 5. The van der Waals surface area contributed by atoms with Crippen molar-refractivity contribution in [2.75, 3.05) is 12.0 Å². The first-order valence-electron chi connectivity index (χ1n) is 14.8. The Balaban J connectivity index is 1.13. The minimum Gasteiger partial charge on any atom is -0.493 e. The monoisotopic (exact) mass is 562 g/mol. The molecule has 1 N–H and O–H groups in total. The molecule has 7 heteroatoms. The number of methoxy groups -OCH3 is 1. The molecule has 1 heterocycles. The lowest BCUT2D eigenvalue weighted by molar-refractivity contribution is -0.122. The first-order chi connectivity index (χ1) is 20.4. The van der Waals surface area contributed by atoms with Gasteiger partial charge in [-0.15, -0.1) is 0 Å². The molecule has 4 bridgehead atoms. The van der Waals surface area contributed by atoms with Crippen molar-refractivity contribution in [3.63, 3.8) is 0 Å². The number of barbiturate groups is 1. The summed E-state index contributed by atoms with van der Waals surface area (Å²) in [6.07, 6.45) is 9.31. The molecule has 42 heavy (non-hydrogen) atoms. The maximum atomic E-state index is 13.6. The van der Waals surface area contributed by atoms with Crippen LogP contribution in [0.2, 0.25) is 0 Å². The number of ether oxygens (including phenoxy) is 2. The molecule has 0 spiro atoms. The number of imide groups is 2. The van der Waals surface area contributed by atoms with Gasteiger partial charge in [0, 0.05) is 0 Å². The zero-order chi connectivity index (χ0) is 28.8. The molecule has 3 aromatic rings. The topological polar surface area (TPSA) is 84.9 Å². The van der Waals surface area contributed by atoms with Gasteiger partial charge in [-0.05, 0) is 109 Å². The lowest BCUT2D eigenvalue weighted by Gasteiger charge is -2.57. The minimum absolute atomic E-state index is 0.126. The Bertz CT molecular complexity index is 1540. The van der Waals surface area contributed by atoms with Gasteiger partial charge in [0.25, 0.3) is 11.8 Å². The predicted octanol–water partition coefficient (Wildman–Crippen LogP) is 6.41. The first-order valence-corrected chi connectivity index (χ1v) is 14.8. The van der Waals surface area contributed by atoms with E-state index in [1.54, 1.807) is 25.3 Å². The molecule has 1 saturated heterocycles. The summed E-state index contributed by atoms with van der Waals surface area (Å²) >= 11 is 0. The van der Waals surface area contributed by atoms with Crippen LogP contribution in [0.1, 0.15) is 55.2 Å². The van der Waals surface area contributed by atoms with Crippen LogP contribution in [-0.2, 0) is 21.6 Å². The highest BCUT2D eigenvalue weighted by Gasteiger charge is 2.51. The fourth-order valence-corrected chi connectivity index (χ4v) is 8.12. The van der Waals surface area contributed by atoms with Gasteiger partial charge in [0.2, 0.25) is 0 Å². The minimum atomic E-state index is -0.744. The largest absolute Gasteiger partial charge is 0.493 e. The smallest absolute Gasteiger partial charge is 0.335 e. The maximum Gasteiger partial charge on any atom is 0.335 e. The highest BCUT2D eigenvalue weighted by atomic mass is 16.5. The molecule has 4 amide bonds. The Kier molecular flexibility index (Phi) is 6.60. The average molecular weight is 563 g/mol. The van der Waals surface area contributed by atoms with Crippen LogP contribution < -0.4 is 19.7 Å². The summed E-state index contributed by atoms with van der Waals surface area (Å²) in [4.78, 5) is 40.4. The number of anilines is 1. The van der Waals surface area contributed by atoms with E-state index in [4.69, 9.17) is 9.47 Å². The van der Waals surface area contributed by atoms with Crippen molar-refractivity contribution in [2.24, 2.45) is 17.8 Å². The van der Waals surface area contributed by atoms with Crippen LogP contribution >= 0.6 is 0 Å². The Morgan fingerprint density at radius 3 is 2.17 bits per heavy atom. The second-order valence-electron chi connectivity index (χ2n) is 12.4. The van der Waals surface area contributed by atoms with E-state index in [-0.39, 0.29) is 11.0 Å². The quantitative estimate of drug-likeness (QED) is 0.266. The van der Waals surface area contributed by atoms with Crippen molar-refractivity contribution < 1.29 is 23.9 Å². The molecule has 4 saturated carbocycles. The molecule has 0 radical (unpaired) electrons. The molecule has 5 fully saturated rings. The van der Waals surface area contributed by atoms with E-state index in [0.29, 0.717) is 29.4 Å². The Labute approximate surface area is 245 Å². The number of carbonyl (C=O) groups is 3. The fraction of sp³-hybridized carbons (Fsp3) is 0.343. The number of nitrogens with one attached hydrogen (secondary N) is 1. The van der Waals surface area contributed by atoms with Gasteiger partial charge < -0.3 is 9.47 Å². The lowest BCUT2D eigenvalue weighted by atomic mass is 9.48. The molecule has 5 aliphatic rings. The number of amides is 4. The van der Waals surface area contributed by atoms with Crippen molar-refractivity contribution in [1.29, 1.82) is 0 Å².